The number of Topliss-reactive ketones (excluding diaryl/α,β-unsaturated/α-hetero) is 2. The number of ether oxygens (including phenoxy) is 3. The van der Waals surface area contributed by atoms with E-state index in [0.29, 0.717) is 23.6 Å². The van der Waals surface area contributed by atoms with E-state index in [1.807, 2.05) is 54.6 Å². The van der Waals surface area contributed by atoms with E-state index in [-0.39, 0.29) is 37.6 Å². The van der Waals surface area contributed by atoms with Crippen LogP contribution in [-0.4, -0.2) is 50.9 Å². The van der Waals surface area contributed by atoms with Crippen molar-refractivity contribution in [2.24, 2.45) is 5.92 Å². The average molecular weight is 616 g/mol. The number of aromatic nitrogens is 2. The summed E-state index contributed by atoms with van der Waals surface area (Å²) in [5.41, 5.74) is 2.05. The third kappa shape index (κ3) is 9.21. The fourth-order valence-electron chi connectivity index (χ4n) is 5.02. The summed E-state index contributed by atoms with van der Waals surface area (Å²) >= 11 is 0. The predicted molar refractivity (Wildman–Crippen MR) is 168 cm³/mol. The van der Waals surface area contributed by atoms with Crippen molar-refractivity contribution < 1.29 is 33.4 Å². The lowest BCUT2D eigenvalue weighted by molar-refractivity contribution is -0.136. The zero-order valence-electron chi connectivity index (χ0n) is 26.7. The lowest BCUT2D eigenvalue weighted by atomic mass is 9.88. The Balaban J connectivity index is 1.51. The number of ketones is 2. The Morgan fingerprint density at radius 2 is 1.67 bits per heavy atom. The summed E-state index contributed by atoms with van der Waals surface area (Å²) in [6.07, 6.45) is 2.88. The Hall–Kier alpha value is -4.57. The molecule has 0 fully saturated rings. The van der Waals surface area contributed by atoms with E-state index in [1.54, 1.807) is 51.7 Å². The molecule has 3 aromatic rings. The predicted octanol–water partition coefficient (Wildman–Crippen LogP) is 5.43. The standard InChI is InChI=1S/C35H41N3O7/c1-23(39)44-30-16-25-14-10-11-15-28(25)32(30)38-19-27(36-22-38)18-29(40)26(21-43-20-24-12-8-7-9-13-24)17-31(41)35(5,6)37-33(42)45-34(2,3)4/h7-15,19,22,26H,16-18,20-21H2,1-6H3,(H,37,42)/t26-/m1/s1. The largest absolute Gasteiger partial charge is 0.444 e. The molecule has 238 valence electrons. The van der Waals surface area contributed by atoms with E-state index < -0.39 is 29.1 Å². The lowest BCUT2D eigenvalue weighted by Crippen LogP contribution is -2.52. The van der Waals surface area contributed by atoms with Crippen LogP contribution in [0, 0.1) is 5.92 Å². The maximum absolute atomic E-state index is 13.7. The van der Waals surface area contributed by atoms with Gasteiger partial charge in [0.25, 0.3) is 0 Å². The third-order valence-corrected chi connectivity index (χ3v) is 7.23. The van der Waals surface area contributed by atoms with E-state index >= 15 is 0 Å². The number of amides is 1. The first-order valence-corrected chi connectivity index (χ1v) is 14.9. The molecular weight excluding hydrogens is 574 g/mol. The molecule has 0 saturated carbocycles. The number of carbonyl (C=O) groups excluding carboxylic acids is 4. The average Bonchev–Trinajstić information content (AvgIpc) is 3.54. The fraction of sp³-hybridized carbons (Fsp3) is 0.400. The van der Waals surface area contributed by atoms with Crippen molar-refractivity contribution in [1.29, 1.82) is 0 Å². The molecule has 0 bridgehead atoms. The number of hydrogen-bond donors (Lipinski definition) is 1. The van der Waals surface area contributed by atoms with Crippen molar-refractivity contribution in [3.8, 4) is 0 Å². The van der Waals surface area contributed by atoms with Gasteiger partial charge >= 0.3 is 12.1 Å². The number of hydrogen-bond acceptors (Lipinski definition) is 8. The van der Waals surface area contributed by atoms with Crippen LogP contribution in [0.3, 0.4) is 0 Å². The summed E-state index contributed by atoms with van der Waals surface area (Å²) in [6.45, 7) is 10.0. The second-order valence-electron chi connectivity index (χ2n) is 12.7. The number of rotatable bonds is 13. The number of fused-ring (bicyclic) bond motifs is 1. The number of nitrogens with zero attached hydrogens (tertiary/aromatic N) is 2. The van der Waals surface area contributed by atoms with E-state index in [1.165, 1.54) is 6.92 Å². The van der Waals surface area contributed by atoms with E-state index in [0.717, 1.165) is 16.7 Å². The second kappa shape index (κ2) is 14.0. The van der Waals surface area contributed by atoms with Crippen LogP contribution in [0.5, 0.6) is 0 Å². The van der Waals surface area contributed by atoms with Crippen LogP contribution < -0.4 is 5.32 Å². The van der Waals surface area contributed by atoms with Crippen molar-refractivity contribution in [2.75, 3.05) is 6.61 Å². The number of allylic oxidation sites excluding steroid dienone is 1. The number of alkyl carbamates (subject to hydrolysis) is 1. The molecule has 1 atom stereocenters. The number of esters is 1. The van der Waals surface area contributed by atoms with Gasteiger partial charge in [0.1, 0.15) is 17.1 Å². The smallest absolute Gasteiger partial charge is 0.408 e. The first kappa shape index (κ1) is 33.3. The molecule has 1 N–H and O–H groups in total. The Labute approximate surface area is 263 Å². The molecule has 2 aromatic carbocycles. The number of nitrogens with one attached hydrogen (secondary N) is 1. The SMILES string of the molecule is CC(=O)OC1=C(n2cnc(CC(=O)[C@@H](COCc3ccccc3)CC(=O)C(C)(C)NC(=O)OC(C)(C)C)c2)c2ccccc2C1. The molecule has 1 aliphatic carbocycles. The maximum atomic E-state index is 13.7. The van der Waals surface area contributed by atoms with Crippen LogP contribution in [0.2, 0.25) is 0 Å². The quantitative estimate of drug-likeness (QED) is 0.253. The van der Waals surface area contributed by atoms with Gasteiger partial charge in [-0.15, -0.1) is 0 Å². The summed E-state index contributed by atoms with van der Waals surface area (Å²) in [5, 5.41) is 2.63. The molecule has 0 radical (unpaired) electrons. The Kier molecular flexibility index (Phi) is 10.4. The summed E-state index contributed by atoms with van der Waals surface area (Å²) in [5.74, 6) is -1.25. The summed E-state index contributed by atoms with van der Waals surface area (Å²) in [4.78, 5) is 55.8. The molecule has 45 heavy (non-hydrogen) atoms. The molecule has 0 saturated heterocycles. The van der Waals surface area contributed by atoms with Crippen molar-refractivity contribution in [2.45, 2.75) is 78.6 Å². The molecule has 1 heterocycles. The van der Waals surface area contributed by atoms with Gasteiger partial charge in [-0.1, -0.05) is 54.6 Å². The highest BCUT2D eigenvalue weighted by Crippen LogP contribution is 2.34. The fourth-order valence-corrected chi connectivity index (χ4v) is 5.02. The molecule has 0 spiro atoms. The zero-order chi connectivity index (χ0) is 32.8. The van der Waals surface area contributed by atoms with Crippen molar-refractivity contribution in [3.63, 3.8) is 0 Å². The van der Waals surface area contributed by atoms with Gasteiger partial charge in [0.2, 0.25) is 0 Å². The van der Waals surface area contributed by atoms with Gasteiger partial charge in [-0.05, 0) is 45.7 Å². The Morgan fingerprint density at radius 1 is 0.978 bits per heavy atom. The number of carbonyl (C=O) groups is 4. The lowest BCUT2D eigenvalue weighted by Gasteiger charge is -2.28. The molecule has 0 aliphatic heterocycles. The molecule has 1 aromatic heterocycles. The molecule has 10 nitrogen and oxygen atoms in total. The van der Waals surface area contributed by atoms with Crippen molar-refractivity contribution >= 4 is 29.3 Å². The summed E-state index contributed by atoms with van der Waals surface area (Å²) in [6, 6.07) is 17.3. The van der Waals surface area contributed by atoms with E-state index in [4.69, 9.17) is 14.2 Å². The molecule has 0 unspecified atom stereocenters. The molecule has 1 aliphatic rings. The van der Waals surface area contributed by atoms with Gasteiger partial charge in [0.05, 0.1) is 42.9 Å². The van der Waals surface area contributed by atoms with Crippen LogP contribution in [0.1, 0.15) is 70.3 Å². The monoisotopic (exact) mass is 615 g/mol. The molecular formula is C35H41N3O7. The second-order valence-corrected chi connectivity index (χ2v) is 12.7. The summed E-state index contributed by atoms with van der Waals surface area (Å²) in [7, 11) is 0. The molecule has 1 amide bonds. The topological polar surface area (TPSA) is 126 Å². The van der Waals surface area contributed by atoms with E-state index in [2.05, 4.69) is 10.3 Å². The Bertz CT molecular complexity index is 1580. The van der Waals surface area contributed by atoms with Gasteiger partial charge in [-0.2, -0.15) is 0 Å². The van der Waals surface area contributed by atoms with Gasteiger partial charge < -0.3 is 24.1 Å². The minimum Gasteiger partial charge on any atom is -0.444 e. The molecule has 10 heteroatoms. The van der Waals surface area contributed by atoms with Gasteiger partial charge in [-0.25, -0.2) is 9.78 Å². The first-order chi connectivity index (χ1) is 21.2. The van der Waals surface area contributed by atoms with Crippen LogP contribution >= 0.6 is 0 Å². The van der Waals surface area contributed by atoms with Crippen molar-refractivity contribution in [3.05, 3.63) is 95.3 Å². The highest BCUT2D eigenvalue weighted by Gasteiger charge is 2.35. The maximum Gasteiger partial charge on any atom is 0.408 e. The minimum absolute atomic E-state index is 0.0117. The van der Waals surface area contributed by atoms with Gasteiger partial charge in [-0.3, -0.25) is 14.4 Å². The zero-order valence-corrected chi connectivity index (χ0v) is 26.7. The highest BCUT2D eigenvalue weighted by molar-refractivity contribution is 5.95. The molecule has 4 rings (SSSR count). The third-order valence-electron chi connectivity index (χ3n) is 7.23. The van der Waals surface area contributed by atoms with Crippen LogP contribution in [0.25, 0.3) is 5.70 Å². The number of benzene rings is 2. The normalized spacial score (nSPS) is 13.6. The first-order valence-electron chi connectivity index (χ1n) is 14.9. The van der Waals surface area contributed by atoms with Crippen molar-refractivity contribution in [1.82, 2.24) is 14.9 Å². The van der Waals surface area contributed by atoms with Crippen LogP contribution in [0.15, 0.2) is 72.9 Å². The van der Waals surface area contributed by atoms with Crippen LogP contribution in [-0.2, 0) is 48.0 Å². The summed E-state index contributed by atoms with van der Waals surface area (Å²) < 4.78 is 18.5. The van der Waals surface area contributed by atoms with Gasteiger partial charge in [0, 0.05) is 37.4 Å². The number of imidazole rings is 1. The minimum atomic E-state index is -1.28. The highest BCUT2D eigenvalue weighted by atomic mass is 16.6. The Morgan fingerprint density at radius 3 is 2.36 bits per heavy atom. The van der Waals surface area contributed by atoms with Gasteiger partial charge in [0.15, 0.2) is 5.78 Å². The van der Waals surface area contributed by atoms with Crippen LogP contribution in [0.4, 0.5) is 4.79 Å². The van der Waals surface area contributed by atoms with E-state index in [9.17, 15) is 19.2 Å².